The number of aliphatic hydroxyl groups excluding tert-OH is 2. The second-order valence-electron chi connectivity index (χ2n) is 4.34. The molecule has 0 aliphatic heterocycles. The van der Waals surface area contributed by atoms with Crippen LogP contribution in [0.5, 0.6) is 0 Å². The molecule has 0 radical (unpaired) electrons. The minimum atomic E-state index is -0.107. The molecule has 18 heavy (non-hydrogen) atoms. The van der Waals surface area contributed by atoms with E-state index in [1.165, 1.54) is 0 Å². The van der Waals surface area contributed by atoms with Crippen LogP contribution in [0.1, 0.15) is 18.5 Å². The largest absolute Gasteiger partial charge is 0.395 e. The van der Waals surface area contributed by atoms with Gasteiger partial charge >= 0.3 is 0 Å². The summed E-state index contributed by atoms with van der Waals surface area (Å²) in [5.41, 5.74) is 7.07. The maximum Gasteiger partial charge on any atom is 0.0558 e. The first kappa shape index (κ1) is 15.4. The van der Waals surface area contributed by atoms with Crippen molar-refractivity contribution >= 4 is 11.6 Å². The lowest BCUT2D eigenvalue weighted by atomic mass is 9.99. The summed E-state index contributed by atoms with van der Waals surface area (Å²) < 4.78 is 0. The standard InChI is InChI=1S/C13H21ClN2O2/c1-10(15)13(16(6-8-17)7-9-18)11-2-4-12(14)5-3-11/h2-5,10,13,17-18H,6-9,15H2,1H3. The van der Waals surface area contributed by atoms with Crippen LogP contribution in [-0.2, 0) is 0 Å². The molecule has 4 N–H and O–H groups in total. The molecule has 5 heteroatoms. The number of rotatable bonds is 7. The van der Waals surface area contributed by atoms with Crippen LogP contribution in [0.25, 0.3) is 0 Å². The number of hydrogen-bond acceptors (Lipinski definition) is 4. The Bertz CT molecular complexity index is 337. The first-order valence-corrected chi connectivity index (χ1v) is 6.44. The third kappa shape index (κ3) is 4.23. The number of aliphatic hydroxyl groups is 2. The molecular formula is C13H21ClN2O2. The molecule has 0 amide bonds. The molecule has 0 fully saturated rings. The molecule has 0 saturated carbocycles. The Hall–Kier alpha value is -0.650. The summed E-state index contributed by atoms with van der Waals surface area (Å²) in [7, 11) is 0. The first-order valence-electron chi connectivity index (χ1n) is 6.07. The quantitative estimate of drug-likeness (QED) is 0.693. The van der Waals surface area contributed by atoms with E-state index in [2.05, 4.69) is 0 Å². The predicted octanol–water partition coefficient (Wildman–Crippen LogP) is 1.01. The fraction of sp³-hybridized carbons (Fsp3) is 0.538. The summed E-state index contributed by atoms with van der Waals surface area (Å²) >= 11 is 5.87. The molecule has 2 atom stereocenters. The summed E-state index contributed by atoms with van der Waals surface area (Å²) in [6.07, 6.45) is 0. The van der Waals surface area contributed by atoms with Gasteiger partial charge in [0.25, 0.3) is 0 Å². The van der Waals surface area contributed by atoms with Gasteiger partial charge < -0.3 is 15.9 Å². The molecule has 4 nitrogen and oxygen atoms in total. The maximum absolute atomic E-state index is 9.10. The van der Waals surface area contributed by atoms with Crippen molar-refractivity contribution in [3.63, 3.8) is 0 Å². The summed E-state index contributed by atoms with van der Waals surface area (Å²) in [4.78, 5) is 1.98. The molecule has 1 rings (SSSR count). The van der Waals surface area contributed by atoms with Gasteiger partial charge in [-0.3, -0.25) is 4.90 Å². The zero-order chi connectivity index (χ0) is 13.5. The monoisotopic (exact) mass is 272 g/mol. The van der Waals surface area contributed by atoms with E-state index >= 15 is 0 Å². The van der Waals surface area contributed by atoms with Crippen LogP contribution in [0.3, 0.4) is 0 Å². The maximum atomic E-state index is 9.10. The third-order valence-electron chi connectivity index (χ3n) is 2.88. The summed E-state index contributed by atoms with van der Waals surface area (Å²) in [6.45, 7) is 2.96. The molecule has 0 bridgehead atoms. The van der Waals surface area contributed by atoms with Gasteiger partial charge in [0.05, 0.1) is 13.2 Å². The van der Waals surface area contributed by atoms with Crippen molar-refractivity contribution in [1.29, 1.82) is 0 Å². The first-order chi connectivity index (χ1) is 8.60. The van der Waals surface area contributed by atoms with E-state index in [0.717, 1.165) is 5.56 Å². The van der Waals surface area contributed by atoms with E-state index in [-0.39, 0.29) is 25.3 Å². The Morgan fingerprint density at radius 3 is 2.06 bits per heavy atom. The molecular weight excluding hydrogens is 252 g/mol. The predicted molar refractivity (Wildman–Crippen MR) is 73.6 cm³/mol. The Morgan fingerprint density at radius 1 is 1.17 bits per heavy atom. The van der Waals surface area contributed by atoms with Crippen LogP contribution in [0.4, 0.5) is 0 Å². The summed E-state index contributed by atoms with van der Waals surface area (Å²) in [6, 6.07) is 7.35. The zero-order valence-electron chi connectivity index (χ0n) is 10.6. The van der Waals surface area contributed by atoms with Crippen LogP contribution in [0.2, 0.25) is 5.02 Å². The SMILES string of the molecule is CC(N)C(c1ccc(Cl)cc1)N(CCO)CCO. The summed E-state index contributed by atoms with van der Waals surface area (Å²) in [5, 5.41) is 18.9. The average molecular weight is 273 g/mol. The lowest BCUT2D eigenvalue weighted by Crippen LogP contribution is -2.42. The van der Waals surface area contributed by atoms with Crippen LogP contribution in [0, 0.1) is 0 Å². The molecule has 102 valence electrons. The molecule has 0 aromatic heterocycles. The highest BCUT2D eigenvalue weighted by Gasteiger charge is 2.23. The fourth-order valence-corrected chi connectivity index (χ4v) is 2.28. The molecule has 0 heterocycles. The molecule has 0 aliphatic carbocycles. The van der Waals surface area contributed by atoms with Gasteiger partial charge in [-0.15, -0.1) is 0 Å². The fourth-order valence-electron chi connectivity index (χ4n) is 2.15. The van der Waals surface area contributed by atoms with Crippen LogP contribution in [-0.4, -0.2) is 47.5 Å². The lowest BCUT2D eigenvalue weighted by molar-refractivity contribution is 0.111. The smallest absolute Gasteiger partial charge is 0.0558 e. The van der Waals surface area contributed by atoms with Gasteiger partial charge in [-0.25, -0.2) is 0 Å². The minimum absolute atomic E-state index is 0.0385. The van der Waals surface area contributed by atoms with E-state index in [0.29, 0.717) is 18.1 Å². The van der Waals surface area contributed by atoms with Gasteiger partial charge in [0.15, 0.2) is 0 Å². The van der Waals surface area contributed by atoms with E-state index in [4.69, 9.17) is 27.5 Å². The zero-order valence-corrected chi connectivity index (χ0v) is 11.3. The minimum Gasteiger partial charge on any atom is -0.395 e. The van der Waals surface area contributed by atoms with Crippen molar-refractivity contribution in [3.05, 3.63) is 34.9 Å². The highest BCUT2D eigenvalue weighted by atomic mass is 35.5. The van der Waals surface area contributed by atoms with Crippen molar-refractivity contribution in [3.8, 4) is 0 Å². The van der Waals surface area contributed by atoms with E-state index in [1.807, 2.05) is 36.1 Å². The second kappa shape index (κ2) is 7.71. The Kier molecular flexibility index (Phi) is 6.60. The summed E-state index contributed by atoms with van der Waals surface area (Å²) in [5.74, 6) is 0. The van der Waals surface area contributed by atoms with Gasteiger partial charge in [0.1, 0.15) is 0 Å². The highest BCUT2D eigenvalue weighted by molar-refractivity contribution is 6.30. The van der Waals surface area contributed by atoms with Gasteiger partial charge in [-0.2, -0.15) is 0 Å². The topological polar surface area (TPSA) is 69.7 Å². The highest BCUT2D eigenvalue weighted by Crippen LogP contribution is 2.24. The van der Waals surface area contributed by atoms with Gasteiger partial charge in [0, 0.05) is 30.2 Å². The average Bonchev–Trinajstić information content (AvgIpc) is 2.32. The molecule has 1 aromatic carbocycles. The molecule has 0 saturated heterocycles. The normalized spacial score (nSPS) is 14.8. The lowest BCUT2D eigenvalue weighted by Gasteiger charge is -2.33. The Balaban J connectivity index is 2.95. The van der Waals surface area contributed by atoms with Crippen LogP contribution < -0.4 is 5.73 Å². The molecule has 0 aliphatic rings. The van der Waals surface area contributed by atoms with Gasteiger partial charge in [0.2, 0.25) is 0 Å². The molecule has 2 unspecified atom stereocenters. The van der Waals surface area contributed by atoms with Crippen LogP contribution in [0.15, 0.2) is 24.3 Å². The Labute approximate surface area is 113 Å². The van der Waals surface area contributed by atoms with Gasteiger partial charge in [-0.05, 0) is 24.6 Å². The van der Waals surface area contributed by atoms with Crippen molar-refractivity contribution in [1.82, 2.24) is 4.90 Å². The number of nitrogens with zero attached hydrogens (tertiary/aromatic N) is 1. The number of hydrogen-bond donors (Lipinski definition) is 3. The van der Waals surface area contributed by atoms with Crippen molar-refractivity contribution in [2.75, 3.05) is 26.3 Å². The van der Waals surface area contributed by atoms with Crippen LogP contribution >= 0.6 is 11.6 Å². The van der Waals surface area contributed by atoms with Crippen molar-refractivity contribution in [2.45, 2.75) is 19.0 Å². The Morgan fingerprint density at radius 2 is 1.67 bits per heavy atom. The van der Waals surface area contributed by atoms with E-state index < -0.39 is 0 Å². The van der Waals surface area contributed by atoms with Gasteiger partial charge in [-0.1, -0.05) is 23.7 Å². The third-order valence-corrected chi connectivity index (χ3v) is 3.13. The number of nitrogens with two attached hydrogens (primary N) is 1. The van der Waals surface area contributed by atoms with E-state index in [9.17, 15) is 0 Å². The van der Waals surface area contributed by atoms with Crippen molar-refractivity contribution < 1.29 is 10.2 Å². The van der Waals surface area contributed by atoms with Crippen molar-refractivity contribution in [2.24, 2.45) is 5.73 Å². The molecule has 1 aromatic rings. The van der Waals surface area contributed by atoms with E-state index in [1.54, 1.807) is 0 Å². The molecule has 0 spiro atoms. The number of benzene rings is 1. The number of halogens is 1. The second-order valence-corrected chi connectivity index (χ2v) is 4.78.